The van der Waals surface area contributed by atoms with Crippen LogP contribution >= 0.6 is 0 Å². The molecule has 2 rings (SSSR count). The number of hydrogen-bond donors (Lipinski definition) is 0. The van der Waals surface area contributed by atoms with E-state index in [9.17, 15) is 4.79 Å². The van der Waals surface area contributed by atoms with E-state index in [1.807, 2.05) is 20.8 Å². The smallest absolute Gasteiger partial charge is 0.316 e. The summed E-state index contributed by atoms with van der Waals surface area (Å²) in [4.78, 5) is 12.1. The van der Waals surface area contributed by atoms with E-state index in [1.165, 1.54) is 12.8 Å². The van der Waals surface area contributed by atoms with Crippen molar-refractivity contribution in [2.45, 2.75) is 58.4 Å². The molecule has 1 aliphatic carbocycles. The van der Waals surface area contributed by atoms with Gasteiger partial charge in [0.2, 0.25) is 0 Å². The molecule has 0 bridgehead atoms. The lowest BCUT2D eigenvalue weighted by molar-refractivity contribution is -0.146. The number of carbonyl (C=O) groups excluding carboxylic acids is 1. The fourth-order valence-electron chi connectivity index (χ4n) is 2.85. The van der Waals surface area contributed by atoms with Crippen molar-refractivity contribution in [2.24, 2.45) is 5.92 Å². The number of hydrogen-bond acceptors (Lipinski definition) is 4. The zero-order valence-corrected chi connectivity index (χ0v) is 12.0. The third-order valence-corrected chi connectivity index (χ3v) is 3.80. The van der Waals surface area contributed by atoms with Crippen molar-refractivity contribution in [3.63, 3.8) is 0 Å². The first-order chi connectivity index (χ1) is 9.15. The summed E-state index contributed by atoms with van der Waals surface area (Å²) < 4.78 is 7.28. The molecule has 1 aromatic rings. The average molecular weight is 265 g/mol. The van der Waals surface area contributed by atoms with Crippen molar-refractivity contribution < 1.29 is 9.53 Å². The summed E-state index contributed by atoms with van der Waals surface area (Å²) >= 11 is 0. The van der Waals surface area contributed by atoms with Crippen LogP contribution in [0, 0.1) is 5.92 Å². The average Bonchev–Trinajstić information content (AvgIpc) is 2.97. The fourth-order valence-corrected chi connectivity index (χ4v) is 2.85. The Morgan fingerprint density at radius 1 is 1.47 bits per heavy atom. The summed E-state index contributed by atoms with van der Waals surface area (Å²) in [5.41, 5.74) is 0. The fraction of sp³-hybridized carbons (Fsp3) is 0.786. The molecule has 1 atom stereocenters. The molecule has 5 heteroatoms. The Bertz CT molecular complexity index is 422. The van der Waals surface area contributed by atoms with E-state index in [0.29, 0.717) is 12.6 Å². The molecule has 0 aliphatic heterocycles. The minimum atomic E-state index is -0.317. The molecule has 1 unspecified atom stereocenters. The molecule has 0 amide bonds. The monoisotopic (exact) mass is 265 g/mol. The Morgan fingerprint density at radius 3 is 2.74 bits per heavy atom. The van der Waals surface area contributed by atoms with Gasteiger partial charge in [-0.05, 0) is 25.7 Å². The highest BCUT2D eigenvalue weighted by atomic mass is 16.5. The van der Waals surface area contributed by atoms with E-state index < -0.39 is 0 Å². The highest BCUT2D eigenvalue weighted by molar-refractivity contribution is 5.77. The lowest BCUT2D eigenvalue weighted by Gasteiger charge is -2.21. The van der Waals surface area contributed by atoms with Gasteiger partial charge in [0.1, 0.15) is 18.1 Å². The number of esters is 1. The van der Waals surface area contributed by atoms with Crippen molar-refractivity contribution >= 4 is 5.97 Å². The van der Waals surface area contributed by atoms with Gasteiger partial charge >= 0.3 is 5.97 Å². The molecule has 1 saturated carbocycles. The molecule has 5 nitrogen and oxygen atoms in total. The number of carbonyl (C=O) groups is 1. The van der Waals surface area contributed by atoms with E-state index in [0.717, 1.165) is 18.7 Å². The molecule has 0 spiro atoms. The van der Waals surface area contributed by atoms with Crippen LogP contribution in [0.3, 0.4) is 0 Å². The van der Waals surface area contributed by atoms with E-state index in [-0.39, 0.29) is 17.8 Å². The molecule has 1 aliphatic rings. The van der Waals surface area contributed by atoms with Gasteiger partial charge in [-0.15, -0.1) is 10.2 Å². The van der Waals surface area contributed by atoms with Gasteiger partial charge < -0.3 is 9.30 Å². The van der Waals surface area contributed by atoms with Crippen LogP contribution in [-0.2, 0) is 9.53 Å². The maximum Gasteiger partial charge on any atom is 0.316 e. The van der Waals surface area contributed by atoms with Crippen molar-refractivity contribution in [1.82, 2.24) is 14.8 Å². The third-order valence-electron chi connectivity index (χ3n) is 3.80. The molecule has 0 radical (unpaired) electrons. The Kier molecular flexibility index (Phi) is 4.56. The Hall–Kier alpha value is -1.39. The second-order valence-electron chi connectivity index (χ2n) is 5.51. The first-order valence-corrected chi connectivity index (χ1v) is 7.21. The van der Waals surface area contributed by atoms with Crippen LogP contribution < -0.4 is 0 Å². The van der Waals surface area contributed by atoms with Gasteiger partial charge in [-0.3, -0.25) is 4.79 Å². The molecule has 1 aromatic heterocycles. The molecule has 1 fully saturated rings. The largest absolute Gasteiger partial charge is 0.465 e. The maximum absolute atomic E-state index is 12.1. The molecule has 0 N–H and O–H groups in total. The van der Waals surface area contributed by atoms with Gasteiger partial charge in [0, 0.05) is 6.04 Å². The number of rotatable bonds is 5. The van der Waals surface area contributed by atoms with E-state index >= 15 is 0 Å². The summed E-state index contributed by atoms with van der Waals surface area (Å²) in [6.07, 6.45) is 6.55. The highest BCUT2D eigenvalue weighted by Crippen LogP contribution is 2.33. The van der Waals surface area contributed by atoms with Crippen molar-refractivity contribution in [1.29, 1.82) is 0 Å². The molecular formula is C14H23N3O2. The van der Waals surface area contributed by atoms with Crippen LogP contribution in [0.2, 0.25) is 0 Å². The molecule has 0 saturated heterocycles. The molecule has 0 aromatic carbocycles. The maximum atomic E-state index is 12.1. The number of nitrogens with zero attached hydrogens (tertiary/aromatic N) is 3. The Labute approximate surface area is 114 Å². The van der Waals surface area contributed by atoms with Gasteiger partial charge in [0.25, 0.3) is 0 Å². The second kappa shape index (κ2) is 6.17. The van der Waals surface area contributed by atoms with Gasteiger partial charge in [0.15, 0.2) is 0 Å². The summed E-state index contributed by atoms with van der Waals surface area (Å²) in [5, 5.41) is 8.22. The quantitative estimate of drug-likeness (QED) is 0.768. The van der Waals surface area contributed by atoms with E-state index in [2.05, 4.69) is 14.8 Å². The van der Waals surface area contributed by atoms with Crippen LogP contribution in [0.4, 0.5) is 0 Å². The minimum absolute atomic E-state index is 0.156. The zero-order chi connectivity index (χ0) is 13.8. The zero-order valence-electron chi connectivity index (χ0n) is 12.0. The Balaban J connectivity index is 2.26. The van der Waals surface area contributed by atoms with Crippen LogP contribution in [0.5, 0.6) is 0 Å². The van der Waals surface area contributed by atoms with Crippen molar-refractivity contribution in [3.8, 4) is 0 Å². The summed E-state index contributed by atoms with van der Waals surface area (Å²) in [7, 11) is 0. The molecule has 106 valence electrons. The SMILES string of the molecule is CCOC(=O)C(c1nncn1C1CCCC1)C(C)C. The van der Waals surface area contributed by atoms with Crippen molar-refractivity contribution in [2.75, 3.05) is 6.61 Å². The number of aromatic nitrogens is 3. The highest BCUT2D eigenvalue weighted by Gasteiger charge is 2.32. The van der Waals surface area contributed by atoms with Crippen LogP contribution in [0.1, 0.15) is 64.2 Å². The molecule has 1 heterocycles. The lowest BCUT2D eigenvalue weighted by Crippen LogP contribution is -2.25. The first kappa shape index (κ1) is 14.0. The predicted molar refractivity (Wildman–Crippen MR) is 71.7 cm³/mol. The Morgan fingerprint density at radius 2 is 2.16 bits per heavy atom. The van der Waals surface area contributed by atoms with Crippen molar-refractivity contribution in [3.05, 3.63) is 12.2 Å². The van der Waals surface area contributed by atoms with E-state index in [4.69, 9.17) is 4.74 Å². The minimum Gasteiger partial charge on any atom is -0.465 e. The third kappa shape index (κ3) is 2.96. The van der Waals surface area contributed by atoms with Gasteiger partial charge in [-0.1, -0.05) is 26.7 Å². The first-order valence-electron chi connectivity index (χ1n) is 7.21. The van der Waals surface area contributed by atoms with E-state index in [1.54, 1.807) is 6.33 Å². The summed E-state index contributed by atoms with van der Waals surface area (Å²) in [6.45, 7) is 6.28. The summed E-state index contributed by atoms with van der Waals surface area (Å²) in [6, 6.07) is 0.445. The van der Waals surface area contributed by atoms with Gasteiger partial charge in [-0.2, -0.15) is 0 Å². The second-order valence-corrected chi connectivity index (χ2v) is 5.51. The van der Waals surface area contributed by atoms with Crippen LogP contribution in [0.25, 0.3) is 0 Å². The topological polar surface area (TPSA) is 57.0 Å². The molecular weight excluding hydrogens is 242 g/mol. The standard InChI is InChI=1S/C14H23N3O2/c1-4-19-14(18)12(10(2)3)13-16-15-9-17(13)11-7-5-6-8-11/h9-12H,4-8H2,1-3H3. The normalized spacial score (nSPS) is 17.9. The molecule has 19 heavy (non-hydrogen) atoms. The van der Waals surface area contributed by atoms with Gasteiger partial charge in [-0.25, -0.2) is 0 Å². The van der Waals surface area contributed by atoms with Crippen LogP contribution in [-0.4, -0.2) is 27.3 Å². The lowest BCUT2D eigenvalue weighted by atomic mass is 9.94. The summed E-state index contributed by atoms with van der Waals surface area (Å²) in [5.74, 6) is 0.413. The van der Waals surface area contributed by atoms with Gasteiger partial charge in [0.05, 0.1) is 6.61 Å². The van der Waals surface area contributed by atoms with Crippen LogP contribution in [0.15, 0.2) is 6.33 Å². The number of ether oxygens (including phenoxy) is 1. The predicted octanol–water partition coefficient (Wildman–Crippen LogP) is 2.70.